The molecule has 1 aromatic heterocycles. The van der Waals surface area contributed by atoms with E-state index in [-0.39, 0.29) is 0 Å². The molecule has 0 amide bonds. The molecule has 0 atom stereocenters. The fourth-order valence-corrected chi connectivity index (χ4v) is 5.75. The predicted molar refractivity (Wildman–Crippen MR) is 176 cm³/mol. The minimum Gasteiger partial charge on any atom is -0.228 e. The molecular weight excluding hydrogens is 508 g/mol. The van der Waals surface area contributed by atoms with Crippen LogP contribution < -0.4 is 0 Å². The van der Waals surface area contributed by atoms with Crippen molar-refractivity contribution in [3.63, 3.8) is 0 Å². The van der Waals surface area contributed by atoms with Gasteiger partial charge in [0, 0.05) is 16.7 Å². The molecule has 7 aromatic carbocycles. The van der Waals surface area contributed by atoms with Crippen molar-refractivity contribution < 1.29 is 0 Å². The quantitative estimate of drug-likeness (QED) is 0.224. The van der Waals surface area contributed by atoms with Crippen LogP contribution in [0.5, 0.6) is 0 Å². The molecule has 0 bridgehead atoms. The highest BCUT2D eigenvalue weighted by Crippen LogP contribution is 2.32. The van der Waals surface area contributed by atoms with Gasteiger partial charge in [0.15, 0.2) is 5.82 Å². The van der Waals surface area contributed by atoms with Gasteiger partial charge in [-0.2, -0.15) is 0 Å². The lowest BCUT2D eigenvalue weighted by atomic mass is 9.99. The zero-order chi connectivity index (χ0) is 27.9. The lowest BCUT2D eigenvalue weighted by Gasteiger charge is -2.11. The van der Waals surface area contributed by atoms with Gasteiger partial charge in [0.25, 0.3) is 0 Å². The predicted octanol–water partition coefficient (Wildman–Crippen LogP) is 10.6. The summed E-state index contributed by atoms with van der Waals surface area (Å²) in [5.74, 6) is 0.717. The fraction of sp³-hybridized carbons (Fsp3) is 0. The molecule has 42 heavy (non-hydrogen) atoms. The standard InChI is InChI=1S/C40H26N2/c1-4-10-32-23-35(20-15-27(32)7-1)30-13-18-31(19-14-30)40-41-38(36-21-16-28-8-2-5-11-33(28)24-36)26-39(42-40)37-22-17-29-9-3-6-12-34(29)25-37/h1-26H. The minimum absolute atomic E-state index is 0.717. The topological polar surface area (TPSA) is 25.8 Å². The van der Waals surface area contributed by atoms with Crippen LogP contribution in [0.4, 0.5) is 0 Å². The smallest absolute Gasteiger partial charge is 0.160 e. The van der Waals surface area contributed by atoms with Gasteiger partial charge < -0.3 is 0 Å². The minimum atomic E-state index is 0.717. The Labute approximate surface area is 244 Å². The van der Waals surface area contributed by atoms with Gasteiger partial charge in [-0.1, -0.05) is 133 Å². The monoisotopic (exact) mass is 534 g/mol. The van der Waals surface area contributed by atoms with Gasteiger partial charge >= 0.3 is 0 Å². The lowest BCUT2D eigenvalue weighted by molar-refractivity contribution is 1.18. The maximum absolute atomic E-state index is 5.10. The van der Waals surface area contributed by atoms with Crippen LogP contribution in [-0.2, 0) is 0 Å². The van der Waals surface area contributed by atoms with Crippen molar-refractivity contribution in [2.24, 2.45) is 0 Å². The Morgan fingerprint density at radius 3 is 1.10 bits per heavy atom. The number of aromatic nitrogens is 2. The molecule has 196 valence electrons. The summed E-state index contributed by atoms with van der Waals surface area (Å²) in [6.45, 7) is 0. The molecule has 0 fully saturated rings. The van der Waals surface area contributed by atoms with E-state index in [0.717, 1.165) is 28.1 Å². The van der Waals surface area contributed by atoms with E-state index in [4.69, 9.17) is 9.97 Å². The highest BCUT2D eigenvalue weighted by molar-refractivity contribution is 5.90. The largest absolute Gasteiger partial charge is 0.228 e. The van der Waals surface area contributed by atoms with Crippen LogP contribution in [0.15, 0.2) is 158 Å². The molecule has 0 aliphatic rings. The zero-order valence-corrected chi connectivity index (χ0v) is 22.9. The van der Waals surface area contributed by atoms with Crippen molar-refractivity contribution in [3.05, 3.63) is 158 Å². The summed E-state index contributed by atoms with van der Waals surface area (Å²) >= 11 is 0. The summed E-state index contributed by atoms with van der Waals surface area (Å²) in [6, 6.07) is 55.8. The summed E-state index contributed by atoms with van der Waals surface area (Å²) in [6.07, 6.45) is 0. The highest BCUT2D eigenvalue weighted by Gasteiger charge is 2.12. The first-order valence-corrected chi connectivity index (χ1v) is 14.2. The number of fused-ring (bicyclic) bond motifs is 3. The van der Waals surface area contributed by atoms with E-state index in [2.05, 4.69) is 158 Å². The molecule has 0 radical (unpaired) electrons. The van der Waals surface area contributed by atoms with Crippen molar-refractivity contribution in [2.45, 2.75) is 0 Å². The van der Waals surface area contributed by atoms with Crippen molar-refractivity contribution in [1.82, 2.24) is 9.97 Å². The van der Waals surface area contributed by atoms with Crippen LogP contribution in [0.25, 0.3) is 77.3 Å². The molecule has 0 aliphatic carbocycles. The molecular formula is C40H26N2. The second kappa shape index (κ2) is 10.1. The SMILES string of the molecule is c1ccc2cc(-c3ccc(-c4nc(-c5ccc6ccccc6c5)cc(-c5ccc6ccccc6c5)n4)cc3)ccc2c1. The number of benzene rings is 7. The van der Waals surface area contributed by atoms with E-state index >= 15 is 0 Å². The summed E-state index contributed by atoms with van der Waals surface area (Å²) < 4.78 is 0. The highest BCUT2D eigenvalue weighted by atomic mass is 14.9. The Morgan fingerprint density at radius 1 is 0.262 bits per heavy atom. The third-order valence-electron chi connectivity index (χ3n) is 8.04. The Kier molecular flexibility index (Phi) is 5.82. The summed E-state index contributed by atoms with van der Waals surface area (Å²) in [5.41, 5.74) is 7.33. The molecule has 0 aliphatic heterocycles. The Hall–Kier alpha value is -5.60. The van der Waals surface area contributed by atoms with Gasteiger partial charge in [-0.25, -0.2) is 9.97 Å². The molecule has 1 heterocycles. The fourth-order valence-electron chi connectivity index (χ4n) is 5.75. The van der Waals surface area contributed by atoms with Gasteiger partial charge in [-0.15, -0.1) is 0 Å². The number of hydrogen-bond acceptors (Lipinski definition) is 2. The Morgan fingerprint density at radius 2 is 0.619 bits per heavy atom. The Balaban J connectivity index is 1.25. The number of hydrogen-bond donors (Lipinski definition) is 0. The molecule has 2 heteroatoms. The molecule has 8 aromatic rings. The third-order valence-corrected chi connectivity index (χ3v) is 8.04. The van der Waals surface area contributed by atoms with Gasteiger partial charge in [0.1, 0.15) is 0 Å². The molecule has 0 saturated heterocycles. The van der Waals surface area contributed by atoms with Crippen LogP contribution in [0, 0.1) is 0 Å². The molecule has 8 rings (SSSR count). The van der Waals surface area contributed by atoms with Gasteiger partial charge in [0.2, 0.25) is 0 Å². The van der Waals surface area contributed by atoms with E-state index < -0.39 is 0 Å². The second-order valence-corrected chi connectivity index (χ2v) is 10.7. The molecule has 0 unspecified atom stereocenters. The van der Waals surface area contributed by atoms with E-state index in [1.54, 1.807) is 0 Å². The average Bonchev–Trinajstić information content (AvgIpc) is 3.07. The van der Waals surface area contributed by atoms with Crippen molar-refractivity contribution in [3.8, 4) is 45.0 Å². The van der Waals surface area contributed by atoms with Crippen LogP contribution in [0.2, 0.25) is 0 Å². The molecule has 0 saturated carbocycles. The second-order valence-electron chi connectivity index (χ2n) is 10.7. The number of rotatable bonds is 4. The van der Waals surface area contributed by atoms with Gasteiger partial charge in [0.05, 0.1) is 11.4 Å². The van der Waals surface area contributed by atoms with E-state index in [0.29, 0.717) is 5.82 Å². The van der Waals surface area contributed by atoms with Crippen molar-refractivity contribution >= 4 is 32.3 Å². The van der Waals surface area contributed by atoms with Crippen molar-refractivity contribution in [2.75, 3.05) is 0 Å². The van der Waals surface area contributed by atoms with Crippen LogP contribution in [0.1, 0.15) is 0 Å². The van der Waals surface area contributed by atoms with Crippen LogP contribution in [-0.4, -0.2) is 9.97 Å². The zero-order valence-electron chi connectivity index (χ0n) is 22.9. The first-order chi connectivity index (χ1) is 20.8. The normalized spacial score (nSPS) is 11.3. The first kappa shape index (κ1) is 24.2. The summed E-state index contributed by atoms with van der Waals surface area (Å²) in [4.78, 5) is 10.2. The maximum atomic E-state index is 5.10. The van der Waals surface area contributed by atoms with Gasteiger partial charge in [-0.3, -0.25) is 0 Å². The van der Waals surface area contributed by atoms with E-state index in [1.165, 1.54) is 43.4 Å². The van der Waals surface area contributed by atoms with E-state index in [1.807, 2.05) is 0 Å². The van der Waals surface area contributed by atoms with Crippen LogP contribution >= 0.6 is 0 Å². The van der Waals surface area contributed by atoms with E-state index in [9.17, 15) is 0 Å². The number of nitrogens with zero attached hydrogens (tertiary/aromatic N) is 2. The molecule has 2 nitrogen and oxygen atoms in total. The van der Waals surface area contributed by atoms with Gasteiger partial charge in [-0.05, 0) is 67.7 Å². The average molecular weight is 535 g/mol. The molecule has 0 spiro atoms. The lowest BCUT2D eigenvalue weighted by Crippen LogP contribution is -1.96. The summed E-state index contributed by atoms with van der Waals surface area (Å²) in [7, 11) is 0. The third kappa shape index (κ3) is 4.49. The van der Waals surface area contributed by atoms with Crippen LogP contribution in [0.3, 0.4) is 0 Å². The summed E-state index contributed by atoms with van der Waals surface area (Å²) in [5, 5.41) is 7.32. The molecule has 0 N–H and O–H groups in total. The Bertz CT molecular complexity index is 2150. The van der Waals surface area contributed by atoms with Crippen molar-refractivity contribution in [1.29, 1.82) is 0 Å². The maximum Gasteiger partial charge on any atom is 0.160 e. The first-order valence-electron chi connectivity index (χ1n) is 14.2.